The molecule has 0 spiro atoms. The van der Waals surface area contributed by atoms with Crippen molar-refractivity contribution in [3.63, 3.8) is 0 Å². The predicted molar refractivity (Wildman–Crippen MR) is 104 cm³/mol. The van der Waals surface area contributed by atoms with E-state index in [4.69, 9.17) is 22.1 Å². The normalized spacial score (nSPS) is 12.3. The minimum Gasteiger partial charge on any atom is -0.479 e. The molecule has 4 rings (SSSR count). The predicted octanol–water partition coefficient (Wildman–Crippen LogP) is 4.22. The fraction of sp³-hybridized carbons (Fsp3) is 0.158. The average Bonchev–Trinajstić information content (AvgIpc) is 3.15. The Kier molecular flexibility index (Phi) is 4.94. The van der Waals surface area contributed by atoms with Gasteiger partial charge in [0, 0.05) is 18.2 Å². The van der Waals surface area contributed by atoms with E-state index in [1.165, 1.54) is 11.0 Å². The Balaban J connectivity index is 1.92. The largest absolute Gasteiger partial charge is 0.479 e. The van der Waals surface area contributed by atoms with Gasteiger partial charge in [0.25, 0.3) is 0 Å². The first-order chi connectivity index (χ1) is 14.3. The van der Waals surface area contributed by atoms with Crippen molar-refractivity contribution in [3.05, 3.63) is 59.2 Å². The molecular formula is C19H14ClF3N6O. The Bertz CT molecular complexity index is 1280. The van der Waals surface area contributed by atoms with Crippen molar-refractivity contribution in [2.45, 2.75) is 13.0 Å². The SMILES string of the molecule is CC(Oc1c(F)cc(-c2ccc(F)c(Cl)c2F)c2ncnc(N)c12)c1ncn(C)n1. The van der Waals surface area contributed by atoms with E-state index in [0.29, 0.717) is 5.82 Å². The molecule has 11 heteroatoms. The standard InChI is InChI=1S/C19H14ClF3N6O/c1-8(19-27-7-29(2)28-19)30-17-12(22)5-10(16-13(17)18(24)26-6-25-16)9-3-4-11(21)14(20)15(9)23/h3-8H,1-2H3,(H2,24,25,26). The van der Waals surface area contributed by atoms with Crippen molar-refractivity contribution in [1.82, 2.24) is 24.7 Å². The van der Waals surface area contributed by atoms with E-state index in [2.05, 4.69) is 20.1 Å². The molecule has 30 heavy (non-hydrogen) atoms. The molecule has 0 aliphatic heterocycles. The van der Waals surface area contributed by atoms with Crippen molar-refractivity contribution in [3.8, 4) is 16.9 Å². The molecule has 0 bridgehead atoms. The lowest BCUT2D eigenvalue weighted by molar-refractivity contribution is 0.209. The van der Waals surface area contributed by atoms with Crippen molar-refractivity contribution in [1.29, 1.82) is 0 Å². The van der Waals surface area contributed by atoms with Crippen LogP contribution >= 0.6 is 11.6 Å². The van der Waals surface area contributed by atoms with Gasteiger partial charge in [0.15, 0.2) is 29.3 Å². The smallest absolute Gasteiger partial charge is 0.191 e. The number of halogens is 4. The van der Waals surface area contributed by atoms with Crippen molar-refractivity contribution < 1.29 is 17.9 Å². The second-order valence-electron chi connectivity index (χ2n) is 6.48. The van der Waals surface area contributed by atoms with Gasteiger partial charge < -0.3 is 10.5 Å². The van der Waals surface area contributed by atoms with Crippen LogP contribution in [0.15, 0.2) is 30.9 Å². The highest BCUT2D eigenvalue weighted by atomic mass is 35.5. The third-order valence-corrected chi connectivity index (χ3v) is 4.79. The molecule has 0 amide bonds. The van der Waals surface area contributed by atoms with E-state index in [1.54, 1.807) is 14.0 Å². The van der Waals surface area contributed by atoms with Crippen LogP contribution in [0, 0.1) is 17.5 Å². The summed E-state index contributed by atoms with van der Waals surface area (Å²) < 4.78 is 50.6. The monoisotopic (exact) mass is 434 g/mol. The number of nitrogens with zero attached hydrogens (tertiary/aromatic N) is 5. The number of aromatic nitrogens is 5. The number of aryl methyl sites for hydroxylation is 1. The molecule has 1 atom stereocenters. The molecule has 0 aliphatic rings. The number of hydrogen-bond acceptors (Lipinski definition) is 6. The van der Waals surface area contributed by atoms with E-state index in [9.17, 15) is 8.78 Å². The zero-order valence-electron chi connectivity index (χ0n) is 15.7. The van der Waals surface area contributed by atoms with E-state index < -0.39 is 28.6 Å². The lowest BCUT2D eigenvalue weighted by Crippen LogP contribution is -2.09. The molecule has 0 saturated heterocycles. The van der Waals surface area contributed by atoms with Crippen molar-refractivity contribution in [2.75, 3.05) is 5.73 Å². The summed E-state index contributed by atoms with van der Waals surface area (Å²) in [4.78, 5) is 12.1. The molecule has 2 N–H and O–H groups in total. The number of nitrogens with two attached hydrogens (primary N) is 1. The molecule has 154 valence electrons. The summed E-state index contributed by atoms with van der Waals surface area (Å²) in [6, 6.07) is 3.15. The summed E-state index contributed by atoms with van der Waals surface area (Å²) in [5.41, 5.74) is 5.96. The molecule has 2 heterocycles. The summed E-state index contributed by atoms with van der Waals surface area (Å²) in [6.07, 6.45) is 1.90. The third-order valence-electron chi connectivity index (χ3n) is 4.45. The van der Waals surface area contributed by atoms with Crippen LogP contribution in [0.1, 0.15) is 18.9 Å². The Hall–Kier alpha value is -3.40. The van der Waals surface area contributed by atoms with Crippen LogP contribution in [-0.2, 0) is 7.05 Å². The molecule has 0 fully saturated rings. The molecule has 2 aromatic heterocycles. The Labute approximate surface area is 173 Å². The van der Waals surface area contributed by atoms with E-state index >= 15 is 4.39 Å². The van der Waals surface area contributed by atoms with Crippen LogP contribution < -0.4 is 10.5 Å². The summed E-state index contributed by atoms with van der Waals surface area (Å²) in [7, 11) is 1.68. The zero-order valence-corrected chi connectivity index (χ0v) is 16.5. The lowest BCUT2D eigenvalue weighted by Gasteiger charge is -2.17. The van der Waals surface area contributed by atoms with Crippen LogP contribution in [0.3, 0.4) is 0 Å². The van der Waals surface area contributed by atoms with Gasteiger partial charge in [-0.05, 0) is 25.1 Å². The number of anilines is 1. The topological polar surface area (TPSA) is 91.7 Å². The second-order valence-corrected chi connectivity index (χ2v) is 6.85. The maximum Gasteiger partial charge on any atom is 0.191 e. The van der Waals surface area contributed by atoms with E-state index in [1.807, 2.05) is 0 Å². The summed E-state index contributed by atoms with van der Waals surface area (Å²) in [5, 5.41) is 3.46. The fourth-order valence-electron chi connectivity index (χ4n) is 3.03. The highest BCUT2D eigenvalue weighted by Gasteiger charge is 2.24. The molecule has 2 aromatic carbocycles. The molecular weight excluding hydrogens is 421 g/mol. The maximum absolute atomic E-state index is 15.1. The van der Waals surface area contributed by atoms with Crippen LogP contribution in [0.25, 0.3) is 22.0 Å². The molecule has 4 aromatic rings. The van der Waals surface area contributed by atoms with Gasteiger partial charge in [0.1, 0.15) is 29.3 Å². The number of benzene rings is 2. The van der Waals surface area contributed by atoms with Gasteiger partial charge in [0.05, 0.1) is 10.9 Å². The average molecular weight is 435 g/mol. The van der Waals surface area contributed by atoms with Crippen molar-refractivity contribution >= 4 is 28.3 Å². The number of nitrogen functional groups attached to an aromatic ring is 1. The summed E-state index contributed by atoms with van der Waals surface area (Å²) in [5.74, 6) is -2.82. The Morgan fingerprint density at radius 1 is 1.10 bits per heavy atom. The van der Waals surface area contributed by atoms with Gasteiger partial charge in [-0.15, -0.1) is 0 Å². The van der Waals surface area contributed by atoms with Gasteiger partial charge >= 0.3 is 0 Å². The third kappa shape index (κ3) is 3.28. The zero-order chi connectivity index (χ0) is 21.6. The molecule has 0 saturated carbocycles. The maximum atomic E-state index is 15.1. The second kappa shape index (κ2) is 7.45. The molecule has 7 nitrogen and oxygen atoms in total. The lowest BCUT2D eigenvalue weighted by atomic mass is 10.0. The number of rotatable bonds is 4. The number of ether oxygens (including phenoxy) is 1. The van der Waals surface area contributed by atoms with Gasteiger partial charge in [-0.1, -0.05) is 11.6 Å². The fourth-order valence-corrected chi connectivity index (χ4v) is 3.20. The molecule has 1 unspecified atom stereocenters. The van der Waals surface area contributed by atoms with Crippen molar-refractivity contribution in [2.24, 2.45) is 7.05 Å². The number of fused-ring (bicyclic) bond motifs is 1. The van der Waals surface area contributed by atoms with Crippen LogP contribution in [0.5, 0.6) is 5.75 Å². The van der Waals surface area contributed by atoms with E-state index in [-0.39, 0.29) is 33.6 Å². The summed E-state index contributed by atoms with van der Waals surface area (Å²) in [6.45, 7) is 1.63. The Morgan fingerprint density at radius 2 is 1.87 bits per heavy atom. The highest BCUT2D eigenvalue weighted by molar-refractivity contribution is 6.31. The van der Waals surface area contributed by atoms with Gasteiger partial charge in [-0.25, -0.2) is 28.1 Å². The molecule has 0 aliphatic carbocycles. The first-order valence-electron chi connectivity index (χ1n) is 8.66. The quantitative estimate of drug-likeness (QED) is 0.483. The number of hydrogen-bond donors (Lipinski definition) is 1. The molecule has 0 radical (unpaired) electrons. The minimum atomic E-state index is -1.05. The summed E-state index contributed by atoms with van der Waals surface area (Å²) >= 11 is 5.68. The van der Waals surface area contributed by atoms with Crippen LogP contribution in [-0.4, -0.2) is 24.7 Å². The van der Waals surface area contributed by atoms with Gasteiger partial charge in [-0.3, -0.25) is 4.68 Å². The van der Waals surface area contributed by atoms with Gasteiger partial charge in [0.2, 0.25) is 0 Å². The van der Waals surface area contributed by atoms with Gasteiger partial charge in [-0.2, -0.15) is 5.10 Å². The first kappa shape index (κ1) is 19.9. The van der Waals surface area contributed by atoms with Crippen LogP contribution in [0.4, 0.5) is 19.0 Å². The first-order valence-corrected chi connectivity index (χ1v) is 9.04. The Morgan fingerprint density at radius 3 is 2.57 bits per heavy atom. The van der Waals surface area contributed by atoms with Crippen LogP contribution in [0.2, 0.25) is 5.02 Å². The minimum absolute atomic E-state index is 0.0203. The highest BCUT2D eigenvalue weighted by Crippen LogP contribution is 2.41. The van der Waals surface area contributed by atoms with E-state index in [0.717, 1.165) is 24.5 Å².